The molecule has 1 fully saturated rings. The molecule has 1 aliphatic heterocycles. The van der Waals surface area contributed by atoms with E-state index >= 15 is 0 Å². The predicted octanol–water partition coefficient (Wildman–Crippen LogP) is 3.45. The Kier molecular flexibility index (Phi) is 6.22. The summed E-state index contributed by atoms with van der Waals surface area (Å²) in [5.41, 5.74) is -1.02. The highest BCUT2D eigenvalue weighted by molar-refractivity contribution is 5.74. The molecule has 39 heavy (non-hydrogen) atoms. The molecule has 5 rings (SSSR count). The van der Waals surface area contributed by atoms with E-state index in [1.54, 1.807) is 30.3 Å². The number of likely N-dealkylation sites (tertiary alicyclic amines) is 1. The van der Waals surface area contributed by atoms with Gasteiger partial charge in [0.05, 0.1) is 52.1 Å². The molecule has 0 atom stereocenters. The largest absolute Gasteiger partial charge is 0.416 e. The van der Waals surface area contributed by atoms with E-state index in [9.17, 15) is 27.6 Å². The molecule has 1 saturated heterocycles. The van der Waals surface area contributed by atoms with Crippen molar-refractivity contribution in [3.8, 4) is 28.7 Å². The molecule has 9 nitrogen and oxygen atoms in total. The highest BCUT2D eigenvalue weighted by Crippen LogP contribution is 2.31. The first-order chi connectivity index (χ1) is 18.5. The molecule has 0 unspecified atom stereocenters. The summed E-state index contributed by atoms with van der Waals surface area (Å²) in [7, 11) is 0. The van der Waals surface area contributed by atoms with Gasteiger partial charge in [0.25, 0.3) is 5.56 Å². The van der Waals surface area contributed by atoms with E-state index in [1.165, 1.54) is 41.8 Å². The first-order valence-electron chi connectivity index (χ1n) is 11.9. The Morgan fingerprint density at radius 1 is 1.05 bits per heavy atom. The molecule has 0 bridgehead atoms. The van der Waals surface area contributed by atoms with Gasteiger partial charge in [0.1, 0.15) is 0 Å². The fourth-order valence-corrected chi connectivity index (χ4v) is 4.72. The van der Waals surface area contributed by atoms with Gasteiger partial charge >= 0.3 is 11.9 Å². The Morgan fingerprint density at radius 3 is 2.36 bits per heavy atom. The van der Waals surface area contributed by atoms with Crippen molar-refractivity contribution in [2.24, 2.45) is 0 Å². The van der Waals surface area contributed by atoms with Gasteiger partial charge in [-0.3, -0.25) is 18.7 Å². The minimum Gasteiger partial charge on any atom is -0.339 e. The van der Waals surface area contributed by atoms with Crippen LogP contribution in [0.4, 0.5) is 13.2 Å². The summed E-state index contributed by atoms with van der Waals surface area (Å²) in [6.45, 7) is 3.09. The summed E-state index contributed by atoms with van der Waals surface area (Å²) in [6.07, 6.45) is -3.19. The number of nitrogens with zero attached hydrogens (tertiary/aromatic N) is 6. The first kappa shape index (κ1) is 25.7. The van der Waals surface area contributed by atoms with Crippen LogP contribution in [0.3, 0.4) is 0 Å². The molecule has 0 radical (unpaired) electrons. The lowest BCUT2D eigenvalue weighted by Gasteiger charge is -2.39. The SMILES string of the molecule is CC(=O)N1CC(n2c(=O)c(-c3ccnn3-c3ccc(C#N)cc3)c(C)n(-c3cccc(C(F)(F)F)c3)c2=O)C1. The lowest BCUT2D eigenvalue weighted by atomic mass is 10.1. The molecule has 0 saturated carbocycles. The monoisotopic (exact) mass is 534 g/mol. The van der Waals surface area contributed by atoms with Gasteiger partial charge in [-0.15, -0.1) is 0 Å². The Balaban J connectivity index is 1.77. The standard InChI is InChI=1S/C27H21F3N6O3/c1-16-24(23-10-11-32-36(23)20-8-6-18(13-31)7-9-20)25(38)35(22-14-33(15-22)17(2)37)26(39)34(16)21-5-3-4-19(12-21)27(28,29)30/h3-12,22H,14-15H2,1-2H3. The highest BCUT2D eigenvalue weighted by atomic mass is 19.4. The molecule has 0 aliphatic carbocycles. The normalized spacial score (nSPS) is 13.7. The van der Waals surface area contributed by atoms with E-state index in [0.29, 0.717) is 16.9 Å². The number of halogens is 3. The summed E-state index contributed by atoms with van der Waals surface area (Å²) < 4.78 is 44.1. The van der Waals surface area contributed by atoms with Crippen LogP contribution in [0.25, 0.3) is 22.6 Å². The van der Waals surface area contributed by atoms with Crippen molar-refractivity contribution in [2.75, 3.05) is 13.1 Å². The zero-order valence-electron chi connectivity index (χ0n) is 20.8. The van der Waals surface area contributed by atoms with Crippen LogP contribution >= 0.6 is 0 Å². The minimum atomic E-state index is -4.64. The summed E-state index contributed by atoms with van der Waals surface area (Å²) in [6, 6.07) is 13.7. The summed E-state index contributed by atoms with van der Waals surface area (Å²) in [4.78, 5) is 40.8. The maximum Gasteiger partial charge on any atom is 0.416 e. The van der Waals surface area contributed by atoms with Crippen LogP contribution in [-0.2, 0) is 11.0 Å². The van der Waals surface area contributed by atoms with E-state index in [0.717, 1.165) is 21.3 Å². The number of carbonyl (C=O) groups is 1. The van der Waals surface area contributed by atoms with Crippen LogP contribution in [0.15, 0.2) is 70.4 Å². The second-order valence-electron chi connectivity index (χ2n) is 9.17. The number of nitriles is 1. The summed E-state index contributed by atoms with van der Waals surface area (Å²) >= 11 is 0. The van der Waals surface area contributed by atoms with Crippen LogP contribution in [0.5, 0.6) is 0 Å². The lowest BCUT2D eigenvalue weighted by Crippen LogP contribution is -2.56. The molecule has 2 aromatic carbocycles. The van der Waals surface area contributed by atoms with Crippen molar-refractivity contribution in [2.45, 2.75) is 26.1 Å². The summed E-state index contributed by atoms with van der Waals surface area (Å²) in [5, 5.41) is 13.4. The third kappa shape index (κ3) is 4.41. The van der Waals surface area contributed by atoms with Crippen LogP contribution < -0.4 is 11.2 Å². The zero-order valence-corrected chi connectivity index (χ0v) is 20.8. The van der Waals surface area contributed by atoms with Crippen molar-refractivity contribution in [3.63, 3.8) is 0 Å². The van der Waals surface area contributed by atoms with Crippen LogP contribution in [-0.4, -0.2) is 42.8 Å². The minimum absolute atomic E-state index is 0.0606. The highest BCUT2D eigenvalue weighted by Gasteiger charge is 2.35. The Bertz CT molecular complexity index is 1750. The number of aromatic nitrogens is 4. The van der Waals surface area contributed by atoms with Gasteiger partial charge in [-0.2, -0.15) is 23.5 Å². The average Bonchev–Trinajstić information content (AvgIpc) is 3.34. The van der Waals surface area contributed by atoms with Crippen molar-refractivity contribution >= 4 is 5.91 Å². The van der Waals surface area contributed by atoms with Gasteiger partial charge in [-0.1, -0.05) is 6.07 Å². The maximum atomic E-state index is 13.9. The van der Waals surface area contributed by atoms with Crippen LogP contribution in [0, 0.1) is 18.3 Å². The Hall–Kier alpha value is -4.92. The number of hydrogen-bond donors (Lipinski definition) is 0. The van der Waals surface area contributed by atoms with E-state index in [1.807, 2.05) is 6.07 Å². The zero-order chi connectivity index (χ0) is 28.1. The smallest absolute Gasteiger partial charge is 0.339 e. The maximum absolute atomic E-state index is 13.9. The van der Waals surface area contributed by atoms with Gasteiger partial charge in [0.2, 0.25) is 5.91 Å². The number of carbonyl (C=O) groups excluding carboxylic acids is 1. The molecule has 12 heteroatoms. The van der Waals surface area contributed by atoms with Crippen molar-refractivity contribution in [3.05, 3.63) is 98.5 Å². The number of alkyl halides is 3. The topological polar surface area (TPSA) is 106 Å². The van der Waals surface area contributed by atoms with E-state index in [4.69, 9.17) is 5.26 Å². The molecule has 2 aromatic heterocycles. The van der Waals surface area contributed by atoms with Crippen LogP contribution in [0.1, 0.15) is 29.8 Å². The fourth-order valence-electron chi connectivity index (χ4n) is 4.72. The molecule has 0 N–H and O–H groups in total. The van der Waals surface area contributed by atoms with Crippen molar-refractivity contribution in [1.29, 1.82) is 5.26 Å². The quantitative estimate of drug-likeness (QED) is 0.399. The number of rotatable bonds is 4. The predicted molar refractivity (Wildman–Crippen MR) is 135 cm³/mol. The van der Waals surface area contributed by atoms with Crippen molar-refractivity contribution in [1.82, 2.24) is 23.8 Å². The molecular weight excluding hydrogens is 513 g/mol. The van der Waals surface area contributed by atoms with E-state index in [2.05, 4.69) is 5.10 Å². The number of hydrogen-bond acceptors (Lipinski definition) is 5. The van der Waals surface area contributed by atoms with Crippen LogP contribution in [0.2, 0.25) is 0 Å². The van der Waals surface area contributed by atoms with Gasteiger partial charge in [-0.05, 0) is 55.5 Å². The second kappa shape index (κ2) is 9.43. The first-order valence-corrected chi connectivity index (χ1v) is 11.9. The molecule has 1 amide bonds. The average molecular weight is 534 g/mol. The van der Waals surface area contributed by atoms with Gasteiger partial charge < -0.3 is 4.90 Å². The molecule has 0 spiro atoms. The Morgan fingerprint density at radius 2 is 1.74 bits per heavy atom. The fraction of sp³-hybridized carbons (Fsp3) is 0.222. The molecule has 198 valence electrons. The number of benzene rings is 2. The van der Waals surface area contributed by atoms with Crippen molar-refractivity contribution < 1.29 is 18.0 Å². The molecular formula is C27H21F3N6O3. The van der Waals surface area contributed by atoms with E-state index in [-0.39, 0.29) is 35.9 Å². The molecule has 4 aromatic rings. The van der Waals surface area contributed by atoms with Gasteiger partial charge in [0.15, 0.2) is 0 Å². The third-order valence-corrected chi connectivity index (χ3v) is 6.77. The van der Waals surface area contributed by atoms with E-state index < -0.39 is 29.0 Å². The van der Waals surface area contributed by atoms with Gasteiger partial charge in [-0.25, -0.2) is 9.48 Å². The molecule has 3 heterocycles. The number of amides is 1. The Labute approximate surface area is 219 Å². The third-order valence-electron chi connectivity index (χ3n) is 6.77. The lowest BCUT2D eigenvalue weighted by molar-refractivity contribution is -0.137. The molecule has 1 aliphatic rings. The summed E-state index contributed by atoms with van der Waals surface area (Å²) in [5.74, 6) is -0.219. The van der Waals surface area contributed by atoms with Gasteiger partial charge in [0, 0.05) is 25.7 Å². The second-order valence-corrected chi connectivity index (χ2v) is 9.17.